The molecule has 2 rings (SSSR count). The number of aliphatic hydroxyl groups is 1. The van der Waals surface area contributed by atoms with Crippen molar-refractivity contribution in [2.75, 3.05) is 0 Å². The van der Waals surface area contributed by atoms with E-state index in [1.165, 1.54) is 0 Å². The average molecular weight is 222 g/mol. The number of carbonyl (C=O) groups excluding carboxylic acids is 1. The minimum atomic E-state index is -0.234. The van der Waals surface area contributed by atoms with Gasteiger partial charge < -0.3 is 15.0 Å². The molecule has 4 nitrogen and oxygen atoms in total. The summed E-state index contributed by atoms with van der Waals surface area (Å²) < 4.78 is 1.95. The maximum absolute atomic E-state index is 11.9. The molecule has 0 unspecified atom stereocenters. The minimum absolute atomic E-state index is 0.0457. The molecule has 1 aromatic heterocycles. The number of carbonyl (C=O) groups is 1. The van der Waals surface area contributed by atoms with Crippen molar-refractivity contribution in [3.8, 4) is 0 Å². The summed E-state index contributed by atoms with van der Waals surface area (Å²) in [5.74, 6) is -0.0457. The molecule has 2 N–H and O–H groups in total. The van der Waals surface area contributed by atoms with Crippen LogP contribution >= 0.6 is 0 Å². The molecule has 0 atom stereocenters. The molecule has 1 heterocycles. The molecular weight excluding hydrogens is 204 g/mol. The molecule has 0 bridgehead atoms. The van der Waals surface area contributed by atoms with E-state index in [1.807, 2.05) is 36.7 Å². The van der Waals surface area contributed by atoms with Crippen molar-refractivity contribution < 1.29 is 9.90 Å². The highest BCUT2D eigenvalue weighted by molar-refractivity contribution is 5.93. The van der Waals surface area contributed by atoms with Gasteiger partial charge in [0.1, 0.15) is 5.69 Å². The van der Waals surface area contributed by atoms with Crippen LogP contribution in [0.2, 0.25) is 0 Å². The van der Waals surface area contributed by atoms with Crippen molar-refractivity contribution in [2.45, 2.75) is 44.9 Å². The van der Waals surface area contributed by atoms with E-state index in [-0.39, 0.29) is 24.1 Å². The number of hydrogen-bond donors (Lipinski definition) is 2. The number of nitrogens with zero attached hydrogens (tertiary/aromatic N) is 1. The number of hydrogen-bond acceptors (Lipinski definition) is 2. The largest absolute Gasteiger partial charge is 0.393 e. The van der Waals surface area contributed by atoms with E-state index in [2.05, 4.69) is 5.32 Å². The summed E-state index contributed by atoms with van der Waals surface area (Å²) in [5.41, 5.74) is 0.691. The molecule has 1 aromatic rings. The van der Waals surface area contributed by atoms with Crippen LogP contribution < -0.4 is 5.32 Å². The van der Waals surface area contributed by atoms with E-state index in [0.717, 1.165) is 0 Å². The van der Waals surface area contributed by atoms with Crippen LogP contribution in [-0.2, 0) is 0 Å². The maximum atomic E-state index is 11.9. The lowest BCUT2D eigenvalue weighted by Crippen LogP contribution is -2.47. The van der Waals surface area contributed by atoms with Crippen LogP contribution in [0.25, 0.3) is 0 Å². The van der Waals surface area contributed by atoms with Gasteiger partial charge in [0.05, 0.1) is 6.10 Å². The molecule has 16 heavy (non-hydrogen) atoms. The van der Waals surface area contributed by atoms with Crippen LogP contribution in [0.5, 0.6) is 0 Å². The minimum Gasteiger partial charge on any atom is -0.393 e. The Morgan fingerprint density at radius 2 is 2.25 bits per heavy atom. The topological polar surface area (TPSA) is 54.3 Å². The van der Waals surface area contributed by atoms with E-state index >= 15 is 0 Å². The second-order valence-corrected chi connectivity index (χ2v) is 4.69. The third kappa shape index (κ3) is 2.11. The van der Waals surface area contributed by atoms with Crippen LogP contribution in [0.15, 0.2) is 18.3 Å². The lowest BCUT2D eigenvalue weighted by atomic mass is 9.89. The van der Waals surface area contributed by atoms with E-state index in [1.54, 1.807) is 0 Å². The second kappa shape index (κ2) is 4.29. The summed E-state index contributed by atoms with van der Waals surface area (Å²) >= 11 is 0. The zero-order valence-electron chi connectivity index (χ0n) is 9.68. The highest BCUT2D eigenvalue weighted by Gasteiger charge is 2.29. The fourth-order valence-electron chi connectivity index (χ4n) is 2.00. The Bertz CT molecular complexity index is 378. The van der Waals surface area contributed by atoms with Crippen LogP contribution in [0.1, 0.15) is 43.2 Å². The fraction of sp³-hybridized carbons (Fsp3) is 0.583. The van der Waals surface area contributed by atoms with Crippen molar-refractivity contribution in [1.29, 1.82) is 0 Å². The molecule has 1 aliphatic carbocycles. The van der Waals surface area contributed by atoms with E-state index in [0.29, 0.717) is 18.5 Å². The lowest BCUT2D eigenvalue weighted by Gasteiger charge is -2.32. The van der Waals surface area contributed by atoms with Gasteiger partial charge in [0.2, 0.25) is 0 Å². The van der Waals surface area contributed by atoms with Crippen molar-refractivity contribution in [3.63, 3.8) is 0 Å². The molecular formula is C12H18N2O2. The molecule has 4 heteroatoms. The predicted molar refractivity (Wildman–Crippen MR) is 61.3 cm³/mol. The van der Waals surface area contributed by atoms with Crippen LogP contribution in [0.4, 0.5) is 0 Å². The molecule has 0 aliphatic heterocycles. The average Bonchev–Trinajstić information content (AvgIpc) is 2.63. The Balaban J connectivity index is 2.00. The van der Waals surface area contributed by atoms with Gasteiger partial charge in [0.25, 0.3) is 5.91 Å². The van der Waals surface area contributed by atoms with Gasteiger partial charge in [-0.3, -0.25) is 4.79 Å². The van der Waals surface area contributed by atoms with Gasteiger partial charge in [-0.2, -0.15) is 0 Å². The Morgan fingerprint density at radius 3 is 2.81 bits per heavy atom. The first-order chi connectivity index (χ1) is 7.58. The highest BCUT2D eigenvalue weighted by Crippen LogP contribution is 2.20. The van der Waals surface area contributed by atoms with Gasteiger partial charge in [-0.05, 0) is 38.8 Å². The Labute approximate surface area is 95.3 Å². The highest BCUT2D eigenvalue weighted by atomic mass is 16.3. The molecule has 88 valence electrons. The number of rotatable bonds is 3. The van der Waals surface area contributed by atoms with Gasteiger partial charge >= 0.3 is 0 Å². The standard InChI is InChI=1S/C12H18N2O2/c1-8(2)14-5-3-4-11(14)12(16)13-9-6-10(15)7-9/h3-5,8-10,15H,6-7H2,1-2H3,(H,13,16). The molecule has 1 amide bonds. The summed E-state index contributed by atoms with van der Waals surface area (Å²) in [4.78, 5) is 11.9. The van der Waals surface area contributed by atoms with E-state index < -0.39 is 0 Å². The zero-order valence-corrected chi connectivity index (χ0v) is 9.68. The molecule has 1 fully saturated rings. The SMILES string of the molecule is CC(C)n1cccc1C(=O)NC1CC(O)C1. The molecule has 0 saturated heterocycles. The van der Waals surface area contributed by atoms with E-state index in [9.17, 15) is 4.79 Å². The zero-order chi connectivity index (χ0) is 11.7. The first-order valence-electron chi connectivity index (χ1n) is 5.73. The summed E-state index contributed by atoms with van der Waals surface area (Å²) in [6.07, 6.45) is 3.03. The summed E-state index contributed by atoms with van der Waals surface area (Å²) in [6.45, 7) is 4.09. The third-order valence-corrected chi connectivity index (χ3v) is 3.02. The Kier molecular flexibility index (Phi) is 3.01. The predicted octanol–water partition coefficient (Wildman–Crippen LogP) is 1.32. The summed E-state index contributed by atoms with van der Waals surface area (Å²) in [7, 11) is 0. The normalized spacial score (nSPS) is 24.2. The Morgan fingerprint density at radius 1 is 1.56 bits per heavy atom. The molecule has 0 radical (unpaired) electrons. The van der Waals surface area contributed by atoms with Crippen molar-refractivity contribution >= 4 is 5.91 Å². The third-order valence-electron chi connectivity index (χ3n) is 3.02. The quantitative estimate of drug-likeness (QED) is 0.810. The van der Waals surface area contributed by atoms with Crippen molar-refractivity contribution in [2.24, 2.45) is 0 Å². The first-order valence-corrected chi connectivity index (χ1v) is 5.73. The second-order valence-electron chi connectivity index (χ2n) is 4.69. The van der Waals surface area contributed by atoms with Gasteiger partial charge in [0, 0.05) is 18.3 Å². The molecule has 1 aliphatic rings. The number of amides is 1. The lowest BCUT2D eigenvalue weighted by molar-refractivity contribution is 0.0558. The molecule has 0 spiro atoms. The maximum Gasteiger partial charge on any atom is 0.268 e. The van der Waals surface area contributed by atoms with Gasteiger partial charge in [-0.15, -0.1) is 0 Å². The Hall–Kier alpha value is -1.29. The summed E-state index contributed by atoms with van der Waals surface area (Å²) in [6, 6.07) is 4.12. The van der Waals surface area contributed by atoms with Crippen molar-refractivity contribution in [3.05, 3.63) is 24.0 Å². The number of aliphatic hydroxyl groups excluding tert-OH is 1. The van der Waals surface area contributed by atoms with Crippen LogP contribution in [-0.4, -0.2) is 27.7 Å². The smallest absolute Gasteiger partial charge is 0.268 e. The van der Waals surface area contributed by atoms with Crippen LogP contribution in [0, 0.1) is 0 Å². The molecule has 0 aromatic carbocycles. The molecule has 1 saturated carbocycles. The fourth-order valence-corrected chi connectivity index (χ4v) is 2.00. The van der Waals surface area contributed by atoms with Crippen molar-refractivity contribution in [1.82, 2.24) is 9.88 Å². The summed E-state index contributed by atoms with van der Waals surface area (Å²) in [5, 5.41) is 12.1. The number of aromatic nitrogens is 1. The number of nitrogens with one attached hydrogen (secondary N) is 1. The van der Waals surface area contributed by atoms with Crippen LogP contribution in [0.3, 0.4) is 0 Å². The monoisotopic (exact) mass is 222 g/mol. The first kappa shape index (κ1) is 11.2. The van der Waals surface area contributed by atoms with Gasteiger partial charge in [-0.1, -0.05) is 0 Å². The van der Waals surface area contributed by atoms with E-state index in [4.69, 9.17) is 5.11 Å². The van der Waals surface area contributed by atoms with Gasteiger partial charge in [0.15, 0.2) is 0 Å². The van der Waals surface area contributed by atoms with Gasteiger partial charge in [-0.25, -0.2) is 0 Å².